The van der Waals surface area contributed by atoms with E-state index in [9.17, 15) is 9.50 Å². The summed E-state index contributed by atoms with van der Waals surface area (Å²) in [4.78, 5) is 0. The largest absolute Gasteiger partial charge is 0.491 e. The third-order valence-electron chi connectivity index (χ3n) is 2.49. The lowest BCUT2D eigenvalue weighted by molar-refractivity contribution is 0.105. The Morgan fingerprint density at radius 3 is 2.44 bits per heavy atom. The molecule has 18 heavy (non-hydrogen) atoms. The van der Waals surface area contributed by atoms with Crippen molar-refractivity contribution in [2.75, 3.05) is 6.61 Å². The zero-order valence-corrected chi connectivity index (χ0v) is 10.3. The van der Waals surface area contributed by atoms with Crippen LogP contribution >= 0.6 is 11.6 Å². The molecule has 0 fully saturated rings. The molecule has 0 saturated heterocycles. The summed E-state index contributed by atoms with van der Waals surface area (Å²) in [7, 11) is 0. The Bertz CT molecular complexity index is 513. The van der Waals surface area contributed by atoms with Gasteiger partial charge >= 0.3 is 0 Å². The van der Waals surface area contributed by atoms with Crippen molar-refractivity contribution in [1.82, 2.24) is 0 Å². The van der Waals surface area contributed by atoms with Crippen LogP contribution in [0.5, 0.6) is 5.75 Å². The van der Waals surface area contributed by atoms with Gasteiger partial charge in [-0.25, -0.2) is 4.39 Å². The molecule has 2 aromatic carbocycles. The summed E-state index contributed by atoms with van der Waals surface area (Å²) in [6, 6.07) is 12.8. The average Bonchev–Trinajstić information content (AvgIpc) is 2.38. The monoisotopic (exact) mass is 266 g/mol. The van der Waals surface area contributed by atoms with Gasteiger partial charge < -0.3 is 9.84 Å². The van der Waals surface area contributed by atoms with Crippen LogP contribution in [0.3, 0.4) is 0 Å². The molecule has 4 heteroatoms. The van der Waals surface area contributed by atoms with E-state index in [1.54, 1.807) is 36.4 Å². The van der Waals surface area contributed by atoms with Crippen molar-refractivity contribution < 1.29 is 14.2 Å². The van der Waals surface area contributed by atoms with Crippen molar-refractivity contribution in [1.29, 1.82) is 0 Å². The first-order valence-corrected chi connectivity index (χ1v) is 5.85. The average molecular weight is 267 g/mol. The zero-order valence-electron chi connectivity index (χ0n) is 9.51. The molecule has 0 aliphatic carbocycles. The Hall–Kier alpha value is -1.58. The summed E-state index contributed by atoms with van der Waals surface area (Å²) in [5.74, 6) is 0.138. The second kappa shape index (κ2) is 5.85. The van der Waals surface area contributed by atoms with Crippen LogP contribution in [0.25, 0.3) is 0 Å². The molecule has 0 heterocycles. The molecule has 0 bridgehead atoms. The van der Waals surface area contributed by atoms with Crippen LogP contribution < -0.4 is 4.74 Å². The molecule has 0 aliphatic rings. The van der Waals surface area contributed by atoms with Gasteiger partial charge in [-0.05, 0) is 30.3 Å². The number of aliphatic hydroxyl groups is 1. The van der Waals surface area contributed by atoms with E-state index in [2.05, 4.69) is 0 Å². The first-order valence-electron chi connectivity index (χ1n) is 5.47. The molecule has 0 amide bonds. The van der Waals surface area contributed by atoms with Crippen LogP contribution in [0.1, 0.15) is 11.7 Å². The fourth-order valence-corrected chi connectivity index (χ4v) is 1.67. The minimum atomic E-state index is -0.998. The molecular weight excluding hydrogens is 255 g/mol. The number of aliphatic hydroxyl groups excluding tert-OH is 1. The fraction of sp³-hybridized carbons (Fsp3) is 0.143. The Balaban J connectivity index is 1.98. The molecule has 1 unspecified atom stereocenters. The van der Waals surface area contributed by atoms with Gasteiger partial charge in [-0.1, -0.05) is 29.8 Å². The minimum absolute atomic E-state index is 0.0113. The molecule has 0 aromatic heterocycles. The molecule has 2 nitrogen and oxygen atoms in total. The molecular formula is C14H12ClFO2. The number of benzene rings is 2. The van der Waals surface area contributed by atoms with Crippen molar-refractivity contribution >= 4 is 11.6 Å². The van der Waals surface area contributed by atoms with Gasteiger partial charge in [0.15, 0.2) is 0 Å². The fourth-order valence-electron chi connectivity index (χ4n) is 1.54. The highest BCUT2D eigenvalue weighted by Crippen LogP contribution is 2.20. The quantitative estimate of drug-likeness (QED) is 0.916. The molecule has 2 aromatic rings. The zero-order chi connectivity index (χ0) is 13.0. The van der Waals surface area contributed by atoms with Crippen LogP contribution in [-0.2, 0) is 0 Å². The molecule has 1 atom stereocenters. The van der Waals surface area contributed by atoms with Gasteiger partial charge in [0.25, 0.3) is 0 Å². The van der Waals surface area contributed by atoms with Gasteiger partial charge in [0.1, 0.15) is 24.3 Å². The number of hydrogen-bond donors (Lipinski definition) is 1. The second-order valence-corrected chi connectivity index (χ2v) is 4.24. The maximum Gasteiger partial charge on any atom is 0.129 e. The standard InChI is InChI=1S/C14H12ClFO2/c15-10-5-7-11(8-6-10)18-9-14(17)12-3-1-2-4-13(12)16/h1-8,14,17H,9H2. The molecule has 0 saturated carbocycles. The van der Waals surface area contributed by atoms with E-state index in [0.717, 1.165) is 0 Å². The molecule has 2 rings (SSSR count). The summed E-state index contributed by atoms with van der Waals surface area (Å²) in [5.41, 5.74) is 0.228. The molecule has 0 radical (unpaired) electrons. The highest BCUT2D eigenvalue weighted by Gasteiger charge is 2.12. The van der Waals surface area contributed by atoms with Gasteiger partial charge in [0.2, 0.25) is 0 Å². The van der Waals surface area contributed by atoms with Gasteiger partial charge in [0, 0.05) is 10.6 Å². The van der Waals surface area contributed by atoms with Crippen molar-refractivity contribution in [2.24, 2.45) is 0 Å². The van der Waals surface area contributed by atoms with Crippen molar-refractivity contribution in [2.45, 2.75) is 6.10 Å². The van der Waals surface area contributed by atoms with Crippen LogP contribution in [0, 0.1) is 5.82 Å². The van der Waals surface area contributed by atoms with Crippen molar-refractivity contribution in [3.63, 3.8) is 0 Å². The van der Waals surface area contributed by atoms with Crippen molar-refractivity contribution in [3.05, 3.63) is 64.9 Å². The Labute approximate surface area is 110 Å². The smallest absolute Gasteiger partial charge is 0.129 e. The molecule has 94 valence electrons. The summed E-state index contributed by atoms with van der Waals surface area (Å²) < 4.78 is 18.7. The summed E-state index contributed by atoms with van der Waals surface area (Å²) in [6.07, 6.45) is -0.998. The summed E-state index contributed by atoms with van der Waals surface area (Å²) in [6.45, 7) is -0.0113. The SMILES string of the molecule is OC(COc1ccc(Cl)cc1)c1ccccc1F. The lowest BCUT2D eigenvalue weighted by Gasteiger charge is -2.13. The van der Waals surface area contributed by atoms with Gasteiger partial charge in [-0.3, -0.25) is 0 Å². The number of ether oxygens (including phenoxy) is 1. The Kier molecular flexibility index (Phi) is 4.18. The van der Waals surface area contributed by atoms with Crippen LogP contribution in [0.4, 0.5) is 4.39 Å². The van der Waals surface area contributed by atoms with E-state index in [0.29, 0.717) is 10.8 Å². The minimum Gasteiger partial charge on any atom is -0.491 e. The van der Waals surface area contributed by atoms with E-state index in [-0.39, 0.29) is 12.2 Å². The summed E-state index contributed by atoms with van der Waals surface area (Å²) in [5, 5.41) is 10.4. The predicted octanol–water partition coefficient (Wildman–Crippen LogP) is 3.59. The topological polar surface area (TPSA) is 29.5 Å². The predicted molar refractivity (Wildman–Crippen MR) is 68.3 cm³/mol. The van der Waals surface area contributed by atoms with Crippen LogP contribution in [0.15, 0.2) is 48.5 Å². The third-order valence-corrected chi connectivity index (χ3v) is 2.74. The highest BCUT2D eigenvalue weighted by molar-refractivity contribution is 6.30. The second-order valence-electron chi connectivity index (χ2n) is 3.80. The van der Waals surface area contributed by atoms with Gasteiger partial charge in [-0.2, -0.15) is 0 Å². The lowest BCUT2D eigenvalue weighted by Crippen LogP contribution is -2.11. The molecule has 0 spiro atoms. The normalized spacial score (nSPS) is 12.2. The maximum absolute atomic E-state index is 13.4. The van der Waals surface area contributed by atoms with E-state index in [1.165, 1.54) is 12.1 Å². The van der Waals surface area contributed by atoms with E-state index >= 15 is 0 Å². The van der Waals surface area contributed by atoms with Crippen LogP contribution in [-0.4, -0.2) is 11.7 Å². The summed E-state index contributed by atoms with van der Waals surface area (Å²) >= 11 is 5.74. The Morgan fingerprint density at radius 1 is 1.11 bits per heavy atom. The number of hydrogen-bond acceptors (Lipinski definition) is 2. The lowest BCUT2D eigenvalue weighted by atomic mass is 10.1. The van der Waals surface area contributed by atoms with Gasteiger partial charge in [-0.15, -0.1) is 0 Å². The maximum atomic E-state index is 13.4. The highest BCUT2D eigenvalue weighted by atomic mass is 35.5. The van der Waals surface area contributed by atoms with Gasteiger partial charge in [0.05, 0.1) is 0 Å². The Morgan fingerprint density at radius 2 is 1.78 bits per heavy atom. The van der Waals surface area contributed by atoms with E-state index < -0.39 is 11.9 Å². The van der Waals surface area contributed by atoms with E-state index in [4.69, 9.17) is 16.3 Å². The van der Waals surface area contributed by atoms with Crippen LogP contribution in [0.2, 0.25) is 5.02 Å². The number of halogens is 2. The number of rotatable bonds is 4. The first kappa shape index (κ1) is 12.9. The molecule has 1 N–H and O–H groups in total. The third kappa shape index (κ3) is 3.22. The molecule has 0 aliphatic heterocycles. The van der Waals surface area contributed by atoms with Crippen molar-refractivity contribution in [3.8, 4) is 5.75 Å². The van der Waals surface area contributed by atoms with E-state index in [1.807, 2.05) is 0 Å². The first-order chi connectivity index (χ1) is 8.66.